The number of likely N-dealkylation sites (tertiary alicyclic amines) is 2. The quantitative estimate of drug-likeness (QED) is 0.167. The summed E-state index contributed by atoms with van der Waals surface area (Å²) in [5.41, 5.74) is 7.67. The van der Waals surface area contributed by atoms with E-state index >= 15 is 0 Å². The highest BCUT2D eigenvalue weighted by molar-refractivity contribution is 9.10. The van der Waals surface area contributed by atoms with Crippen LogP contribution in [0.1, 0.15) is 71.7 Å². The van der Waals surface area contributed by atoms with Gasteiger partial charge >= 0.3 is 0 Å². The molecule has 0 radical (unpaired) electrons. The normalized spacial score (nSPS) is 18.0. The number of fused-ring (bicyclic) bond motifs is 2. The highest BCUT2D eigenvalue weighted by atomic mass is 79.9. The first-order valence-electron chi connectivity index (χ1n) is 24.7. The first-order chi connectivity index (χ1) is 34.8. The van der Waals surface area contributed by atoms with Crippen LogP contribution in [0.2, 0.25) is 0 Å². The van der Waals surface area contributed by atoms with Crippen molar-refractivity contribution in [1.82, 2.24) is 39.4 Å². The number of nitrogens with one attached hydrogen (secondary N) is 1. The Morgan fingerprint density at radius 2 is 1.04 bits per heavy atom. The van der Waals surface area contributed by atoms with Gasteiger partial charge in [-0.3, -0.25) is 29.0 Å². The first-order valence-corrected chi connectivity index (χ1v) is 27.3. The Labute approximate surface area is 439 Å². The largest absolute Gasteiger partial charge is 0.385 e. The van der Waals surface area contributed by atoms with Gasteiger partial charge in [0.15, 0.2) is 10.0 Å². The zero-order valence-corrected chi connectivity index (χ0v) is 43.0. The molecule has 17 heteroatoms. The SMILES string of the molecule is Brc1ccccc1.C.O=C(c1ccc2c(c1)CCCN2)N1CC(N2CCN(C(=O)c3nccs3)CC2)C1.O=C(c1ccc2c(c1)CCCN2c1ccccc1)N1CC(N2CCN(C(=O)c3nccs3)CC2)C1. The molecule has 0 atom stereocenters. The van der Waals surface area contributed by atoms with Crippen LogP contribution in [0.3, 0.4) is 0 Å². The molecule has 0 unspecified atom stereocenters. The molecule has 0 saturated carbocycles. The van der Waals surface area contributed by atoms with Crippen molar-refractivity contribution in [3.63, 3.8) is 0 Å². The van der Waals surface area contributed by atoms with E-state index in [9.17, 15) is 19.2 Å². The zero-order chi connectivity index (χ0) is 48.7. The smallest absolute Gasteiger partial charge is 0.282 e. The lowest BCUT2D eigenvalue weighted by Crippen LogP contribution is -2.64. The summed E-state index contributed by atoms with van der Waals surface area (Å²) < 4.78 is 1.13. The van der Waals surface area contributed by atoms with Gasteiger partial charge in [-0.05, 0) is 97.5 Å². The molecule has 6 aliphatic heterocycles. The third-order valence-corrected chi connectivity index (χ3v) is 16.4. The van der Waals surface area contributed by atoms with Crippen molar-refractivity contribution in [1.29, 1.82) is 0 Å². The lowest BCUT2D eigenvalue weighted by atomic mass is 9.97. The van der Waals surface area contributed by atoms with Gasteiger partial charge in [0.25, 0.3) is 23.6 Å². The maximum absolute atomic E-state index is 13.2. The summed E-state index contributed by atoms with van der Waals surface area (Å²) >= 11 is 6.10. The fraction of sp³-hybridized carbons (Fsp3) is 0.382. The molecular weight excluding hydrogens is 1010 g/mol. The summed E-state index contributed by atoms with van der Waals surface area (Å²) in [6.07, 6.45) is 7.60. The molecule has 6 aliphatic rings. The minimum absolute atomic E-state index is 0. The van der Waals surface area contributed by atoms with E-state index < -0.39 is 0 Å². The number of halogens is 1. The molecule has 72 heavy (non-hydrogen) atoms. The van der Waals surface area contributed by atoms with Crippen LogP contribution >= 0.6 is 38.6 Å². The van der Waals surface area contributed by atoms with Crippen molar-refractivity contribution in [2.24, 2.45) is 0 Å². The predicted octanol–water partition coefficient (Wildman–Crippen LogP) is 8.38. The van der Waals surface area contributed by atoms with E-state index in [4.69, 9.17) is 0 Å². The van der Waals surface area contributed by atoms with Crippen molar-refractivity contribution < 1.29 is 19.2 Å². The lowest BCUT2D eigenvalue weighted by molar-refractivity contribution is 0.00806. The molecule has 8 heterocycles. The van der Waals surface area contributed by atoms with Gasteiger partial charge in [0.05, 0.1) is 0 Å². The number of carbonyl (C=O) groups excluding carboxylic acids is 4. The van der Waals surface area contributed by atoms with Crippen LogP contribution in [0.5, 0.6) is 0 Å². The van der Waals surface area contributed by atoms with Gasteiger partial charge < -0.3 is 29.8 Å². The Morgan fingerprint density at radius 1 is 0.542 bits per heavy atom. The minimum atomic E-state index is 0. The molecule has 0 aliphatic carbocycles. The second-order valence-electron chi connectivity index (χ2n) is 18.7. The summed E-state index contributed by atoms with van der Waals surface area (Å²) in [6.45, 7) is 11.3. The number of thiazole rings is 2. The summed E-state index contributed by atoms with van der Waals surface area (Å²) in [5, 5.41) is 8.20. The molecular formula is C55H63BrN10O4S2. The number of hydrogen-bond donors (Lipinski definition) is 1. The molecule has 4 saturated heterocycles. The fourth-order valence-electron chi connectivity index (χ4n) is 10.2. The zero-order valence-electron chi connectivity index (χ0n) is 39.8. The fourth-order valence-corrected chi connectivity index (χ4v) is 11.7. The average molecular weight is 1070 g/mol. The third-order valence-electron chi connectivity index (χ3n) is 14.3. The first kappa shape index (κ1) is 50.9. The maximum atomic E-state index is 13.2. The molecule has 4 amide bonds. The Balaban J connectivity index is 0.000000156. The molecule has 4 fully saturated rings. The molecule has 2 aromatic heterocycles. The van der Waals surface area contributed by atoms with Gasteiger partial charge in [-0.2, -0.15) is 0 Å². The topological polar surface area (TPSA) is 129 Å². The monoisotopic (exact) mass is 1070 g/mol. The van der Waals surface area contributed by atoms with Gasteiger partial charge in [-0.1, -0.05) is 59.8 Å². The molecule has 0 spiro atoms. The van der Waals surface area contributed by atoms with E-state index in [2.05, 4.69) is 88.4 Å². The number of amides is 4. The predicted molar refractivity (Wildman–Crippen MR) is 291 cm³/mol. The van der Waals surface area contributed by atoms with Crippen LogP contribution in [0, 0.1) is 0 Å². The molecule has 0 bridgehead atoms. The van der Waals surface area contributed by atoms with E-state index in [0.717, 1.165) is 120 Å². The van der Waals surface area contributed by atoms with Gasteiger partial charge in [0, 0.05) is 160 Å². The maximum Gasteiger partial charge on any atom is 0.282 e. The van der Waals surface area contributed by atoms with Gasteiger partial charge in [0.1, 0.15) is 0 Å². The standard InChI is InChI=1S/C27H29N5O2S.C21H25N5O2S.C6H5Br.CH4/c33-26(21-8-9-24-20(17-21)5-4-11-32(24)22-6-2-1-3-7-22)31-18-23(19-31)29-12-14-30(15-13-29)27(34)25-28-10-16-35-25;27-20(16-3-4-18-15(12-16)2-1-5-22-18)26-13-17(14-26)24-7-9-25(10-8-24)21(28)19-23-6-11-29-19;7-6-4-2-1-3-5-6;/h1-3,6-10,16-17,23H,4-5,11-15,18-19H2;3-4,6,11-12,17,22H,1-2,5,7-10,13-14H2;1-5H;1H4. The summed E-state index contributed by atoms with van der Waals surface area (Å²) in [6, 6.07) is 33.4. The molecule has 1 N–H and O–H groups in total. The van der Waals surface area contributed by atoms with E-state index in [0.29, 0.717) is 35.2 Å². The van der Waals surface area contributed by atoms with Gasteiger partial charge in [-0.15, -0.1) is 22.7 Å². The van der Waals surface area contributed by atoms with E-state index in [1.54, 1.807) is 12.4 Å². The second-order valence-corrected chi connectivity index (χ2v) is 21.4. The van der Waals surface area contributed by atoms with Crippen LogP contribution in [-0.4, -0.2) is 167 Å². The van der Waals surface area contributed by atoms with Crippen LogP contribution in [0.25, 0.3) is 0 Å². The van der Waals surface area contributed by atoms with E-state index in [1.165, 1.54) is 50.9 Å². The van der Waals surface area contributed by atoms with E-state index in [1.807, 2.05) is 85.0 Å². The third kappa shape index (κ3) is 11.8. The number of aryl methyl sites for hydroxylation is 2. The minimum Gasteiger partial charge on any atom is -0.385 e. The van der Waals surface area contributed by atoms with Crippen molar-refractivity contribution in [3.8, 4) is 0 Å². The highest BCUT2D eigenvalue weighted by Gasteiger charge is 2.39. The number of benzene rings is 4. The highest BCUT2D eigenvalue weighted by Crippen LogP contribution is 2.35. The number of rotatable bonds is 7. The average Bonchev–Trinajstić information content (AvgIpc) is 4.15. The summed E-state index contributed by atoms with van der Waals surface area (Å²) in [7, 11) is 0. The van der Waals surface area contributed by atoms with Gasteiger partial charge in [0.2, 0.25) is 0 Å². The molecule has 14 nitrogen and oxygen atoms in total. The number of carbonyl (C=O) groups is 4. The number of aromatic nitrogens is 2. The number of nitrogens with zero attached hydrogens (tertiary/aromatic N) is 9. The van der Waals surface area contributed by atoms with Crippen LogP contribution in [0.4, 0.5) is 17.1 Å². The van der Waals surface area contributed by atoms with E-state index in [-0.39, 0.29) is 31.1 Å². The molecule has 6 aromatic rings. The van der Waals surface area contributed by atoms with Crippen molar-refractivity contribution in [3.05, 3.63) is 157 Å². The Bertz CT molecular complexity index is 2760. The van der Waals surface area contributed by atoms with Crippen molar-refractivity contribution in [2.45, 2.75) is 45.2 Å². The number of hydrogen-bond acceptors (Lipinski definition) is 12. The number of para-hydroxylation sites is 1. The summed E-state index contributed by atoms with van der Waals surface area (Å²) in [5.74, 6) is 0.320. The van der Waals surface area contributed by atoms with Crippen molar-refractivity contribution in [2.75, 3.05) is 102 Å². The van der Waals surface area contributed by atoms with Crippen molar-refractivity contribution >= 4 is 79.3 Å². The molecule has 12 rings (SSSR count). The van der Waals surface area contributed by atoms with Crippen LogP contribution in [-0.2, 0) is 12.8 Å². The van der Waals surface area contributed by atoms with Crippen LogP contribution in [0.15, 0.2) is 125 Å². The number of piperazine rings is 2. The van der Waals surface area contributed by atoms with Gasteiger partial charge in [-0.25, -0.2) is 9.97 Å². The Kier molecular flexibility index (Phi) is 16.8. The lowest BCUT2D eigenvalue weighted by Gasteiger charge is -2.48. The Hall–Kier alpha value is -5.98. The Morgan fingerprint density at radius 3 is 1.54 bits per heavy atom. The number of anilines is 3. The molecule has 4 aromatic carbocycles. The van der Waals surface area contributed by atoms with Crippen LogP contribution < -0.4 is 10.2 Å². The second kappa shape index (κ2) is 23.7. The molecule has 376 valence electrons. The summed E-state index contributed by atoms with van der Waals surface area (Å²) in [4.78, 5) is 74.1.